The minimum absolute atomic E-state index is 0.0809. The van der Waals surface area contributed by atoms with Crippen molar-refractivity contribution in [2.45, 2.75) is 13.8 Å². The molecule has 2 rings (SSSR count). The summed E-state index contributed by atoms with van der Waals surface area (Å²) in [6, 6.07) is 1.86. The molecule has 0 bridgehead atoms. The van der Waals surface area contributed by atoms with E-state index >= 15 is 0 Å². The number of nitrogens with zero attached hydrogens (tertiary/aromatic N) is 4. The van der Waals surface area contributed by atoms with Crippen LogP contribution in [0.1, 0.15) is 17.0 Å². The number of nitriles is 1. The molecule has 0 unspecified atom stereocenters. The van der Waals surface area contributed by atoms with Crippen LogP contribution in [0, 0.1) is 25.2 Å². The summed E-state index contributed by atoms with van der Waals surface area (Å²) in [4.78, 5) is 15.8. The van der Waals surface area contributed by atoms with Crippen molar-refractivity contribution in [1.82, 2.24) is 14.6 Å². The lowest BCUT2D eigenvalue weighted by molar-refractivity contribution is 0.885. The summed E-state index contributed by atoms with van der Waals surface area (Å²) in [5.74, 6) is 0.492. The molecule has 0 aliphatic heterocycles. The molecule has 0 fully saturated rings. The molecule has 15 heavy (non-hydrogen) atoms. The van der Waals surface area contributed by atoms with Gasteiger partial charge < -0.3 is 0 Å². The van der Waals surface area contributed by atoms with E-state index < -0.39 is 5.56 Å². The highest BCUT2D eigenvalue weighted by atomic mass is 16.1. The van der Waals surface area contributed by atoms with Crippen LogP contribution < -0.4 is 10.8 Å². The molecular weight excluding hydrogens is 192 g/mol. The average molecular weight is 200 g/mol. The van der Waals surface area contributed by atoms with Crippen molar-refractivity contribution >= 4 is 12.2 Å². The first-order valence-electron chi connectivity index (χ1n) is 4.35. The van der Waals surface area contributed by atoms with Crippen LogP contribution in [0.5, 0.6) is 0 Å². The highest BCUT2D eigenvalue weighted by molar-refractivity contribution is 5.50. The smallest absolute Gasteiger partial charge is 0.266 e. The molecule has 5 nitrogen and oxygen atoms in total. The first kappa shape index (κ1) is 9.34. The molecular formula is C10H8N4O. The van der Waals surface area contributed by atoms with Gasteiger partial charge >= 0.3 is 0 Å². The van der Waals surface area contributed by atoms with Crippen LogP contribution in [0.4, 0.5) is 0 Å². The molecule has 0 saturated heterocycles. The van der Waals surface area contributed by atoms with Crippen LogP contribution in [0.15, 0.2) is 4.79 Å². The monoisotopic (exact) mass is 200 g/mol. The number of hydrogen-bond donors (Lipinski definition) is 0. The SMILES string of the molecule is C=c1c(C)c(C#N)c(=O)n2nc(C)nc12. The number of hydrogen-bond acceptors (Lipinski definition) is 4. The summed E-state index contributed by atoms with van der Waals surface area (Å²) >= 11 is 0. The van der Waals surface area contributed by atoms with Gasteiger partial charge in [-0.25, -0.2) is 4.98 Å². The molecule has 74 valence electrons. The van der Waals surface area contributed by atoms with Crippen molar-refractivity contribution in [1.29, 1.82) is 5.26 Å². The summed E-state index contributed by atoms with van der Waals surface area (Å²) < 4.78 is 1.13. The molecule has 0 spiro atoms. The zero-order valence-corrected chi connectivity index (χ0v) is 8.40. The zero-order valence-electron chi connectivity index (χ0n) is 8.40. The van der Waals surface area contributed by atoms with Crippen molar-refractivity contribution in [3.8, 4) is 6.07 Å². The number of rotatable bonds is 0. The molecule has 0 aliphatic carbocycles. The minimum atomic E-state index is -0.432. The Balaban J connectivity index is 3.18. The molecule has 0 amide bonds. The average Bonchev–Trinajstić information content (AvgIpc) is 2.58. The second-order valence-corrected chi connectivity index (χ2v) is 3.29. The predicted molar refractivity (Wildman–Crippen MR) is 54.2 cm³/mol. The second-order valence-electron chi connectivity index (χ2n) is 3.29. The fourth-order valence-corrected chi connectivity index (χ4v) is 1.47. The van der Waals surface area contributed by atoms with E-state index in [4.69, 9.17) is 5.26 Å². The number of pyridine rings is 1. The maximum absolute atomic E-state index is 11.8. The van der Waals surface area contributed by atoms with Crippen molar-refractivity contribution in [3.05, 3.63) is 32.5 Å². The number of aryl methyl sites for hydroxylation is 1. The van der Waals surface area contributed by atoms with Crippen LogP contribution >= 0.6 is 0 Å². The Morgan fingerprint density at radius 1 is 1.47 bits per heavy atom. The fraction of sp³-hybridized carbons (Fsp3) is 0.200. The summed E-state index contributed by atoms with van der Waals surface area (Å²) in [6.45, 7) is 7.17. The third-order valence-electron chi connectivity index (χ3n) is 2.33. The fourth-order valence-electron chi connectivity index (χ4n) is 1.47. The van der Waals surface area contributed by atoms with E-state index in [9.17, 15) is 4.79 Å². The van der Waals surface area contributed by atoms with Crippen molar-refractivity contribution in [3.63, 3.8) is 0 Å². The summed E-state index contributed by atoms with van der Waals surface area (Å²) in [5, 5.41) is 13.4. The Bertz CT molecular complexity index is 693. The Kier molecular flexibility index (Phi) is 1.80. The van der Waals surface area contributed by atoms with Gasteiger partial charge in [0.1, 0.15) is 17.5 Å². The third-order valence-corrected chi connectivity index (χ3v) is 2.33. The first-order valence-corrected chi connectivity index (χ1v) is 4.35. The molecule has 0 atom stereocenters. The topological polar surface area (TPSA) is 71.0 Å². The summed E-state index contributed by atoms with van der Waals surface area (Å²) in [6.07, 6.45) is 0. The molecule has 2 heterocycles. The molecule has 0 aliphatic rings. The molecule has 5 heteroatoms. The van der Waals surface area contributed by atoms with E-state index in [1.807, 2.05) is 6.07 Å². The Labute approximate surface area is 85.3 Å². The third kappa shape index (κ3) is 1.12. The highest BCUT2D eigenvalue weighted by Gasteiger charge is 2.12. The lowest BCUT2D eigenvalue weighted by atomic mass is 10.1. The standard InChI is InChI=1S/C10H8N4O/c1-5-6(2)9-12-7(3)13-14(9)10(15)8(5)4-11/h2H2,1,3H3. The van der Waals surface area contributed by atoms with Crippen molar-refractivity contribution in [2.75, 3.05) is 0 Å². The van der Waals surface area contributed by atoms with Gasteiger partial charge in [-0.15, -0.1) is 5.10 Å². The molecule has 0 radical (unpaired) electrons. The minimum Gasteiger partial charge on any atom is -0.266 e. The molecule has 2 aromatic heterocycles. The largest absolute Gasteiger partial charge is 0.291 e. The number of fused-ring (bicyclic) bond motifs is 1. The maximum atomic E-state index is 11.8. The van der Waals surface area contributed by atoms with Gasteiger partial charge in [-0.05, 0) is 19.4 Å². The van der Waals surface area contributed by atoms with E-state index in [-0.39, 0.29) is 5.56 Å². The van der Waals surface area contributed by atoms with Gasteiger partial charge in [-0.2, -0.15) is 9.78 Å². The Morgan fingerprint density at radius 3 is 2.73 bits per heavy atom. The Hall–Kier alpha value is -2.22. The molecule has 2 aromatic rings. The van der Waals surface area contributed by atoms with E-state index in [1.54, 1.807) is 13.8 Å². The van der Waals surface area contributed by atoms with Gasteiger partial charge in [0.05, 0.1) is 0 Å². The number of aromatic nitrogens is 3. The molecule has 0 N–H and O–H groups in total. The van der Waals surface area contributed by atoms with Crippen LogP contribution in [-0.4, -0.2) is 14.6 Å². The summed E-state index contributed by atoms with van der Waals surface area (Å²) in [5.41, 5.74) is 0.645. The molecule has 0 saturated carbocycles. The van der Waals surface area contributed by atoms with Crippen LogP contribution in [0.25, 0.3) is 12.2 Å². The van der Waals surface area contributed by atoms with Gasteiger partial charge in [-0.1, -0.05) is 6.58 Å². The van der Waals surface area contributed by atoms with Gasteiger partial charge in [0.2, 0.25) is 0 Å². The summed E-state index contributed by atoms with van der Waals surface area (Å²) in [7, 11) is 0. The zero-order chi connectivity index (χ0) is 11.2. The van der Waals surface area contributed by atoms with Gasteiger partial charge in [0.15, 0.2) is 5.65 Å². The first-order chi connectivity index (χ1) is 7.06. The van der Waals surface area contributed by atoms with Crippen LogP contribution in [0.2, 0.25) is 0 Å². The van der Waals surface area contributed by atoms with Gasteiger partial charge in [0.25, 0.3) is 5.56 Å². The van der Waals surface area contributed by atoms with E-state index in [0.29, 0.717) is 22.3 Å². The quantitative estimate of drug-likeness (QED) is 0.585. The van der Waals surface area contributed by atoms with Crippen LogP contribution in [-0.2, 0) is 0 Å². The maximum Gasteiger partial charge on any atom is 0.291 e. The van der Waals surface area contributed by atoms with E-state index in [2.05, 4.69) is 16.7 Å². The lowest BCUT2D eigenvalue weighted by Crippen LogP contribution is -2.26. The van der Waals surface area contributed by atoms with E-state index in [0.717, 1.165) is 4.52 Å². The second kappa shape index (κ2) is 2.89. The molecule has 0 aromatic carbocycles. The van der Waals surface area contributed by atoms with Gasteiger partial charge in [0, 0.05) is 5.22 Å². The van der Waals surface area contributed by atoms with Crippen molar-refractivity contribution in [2.24, 2.45) is 0 Å². The van der Waals surface area contributed by atoms with Crippen LogP contribution in [0.3, 0.4) is 0 Å². The Morgan fingerprint density at radius 2 is 2.13 bits per heavy atom. The van der Waals surface area contributed by atoms with Crippen molar-refractivity contribution < 1.29 is 0 Å². The van der Waals surface area contributed by atoms with Gasteiger partial charge in [-0.3, -0.25) is 4.79 Å². The lowest BCUT2D eigenvalue weighted by Gasteiger charge is -1.97. The normalized spacial score (nSPS) is 10.5. The predicted octanol–water partition coefficient (Wildman–Crippen LogP) is -0.293. The van der Waals surface area contributed by atoms with E-state index in [1.165, 1.54) is 0 Å². The highest BCUT2D eigenvalue weighted by Crippen LogP contribution is 1.98.